The lowest BCUT2D eigenvalue weighted by Crippen LogP contribution is -2.23. The molecule has 1 rings (SSSR count). The van der Waals surface area contributed by atoms with E-state index in [4.69, 9.17) is 9.47 Å². The van der Waals surface area contributed by atoms with Crippen LogP contribution in [-0.4, -0.2) is 33.4 Å². The Bertz CT molecular complexity index is 334. The van der Waals surface area contributed by atoms with Gasteiger partial charge in [-0.1, -0.05) is 6.07 Å². The maximum absolute atomic E-state index is 13.1. The van der Waals surface area contributed by atoms with Crippen molar-refractivity contribution in [3.05, 3.63) is 29.8 Å². The molecule has 0 spiro atoms. The van der Waals surface area contributed by atoms with Crippen LogP contribution in [0.15, 0.2) is 18.2 Å². The van der Waals surface area contributed by atoms with E-state index in [1.54, 1.807) is 7.11 Å². The average molecular weight is 245 g/mol. The molecule has 17 heavy (non-hydrogen) atoms. The largest absolute Gasteiger partial charge is 0.489 e. The minimum atomic E-state index is -0.938. The molecule has 1 aromatic carbocycles. The lowest BCUT2D eigenvalue weighted by atomic mass is 10.3. The average Bonchev–Trinajstić information content (AvgIpc) is 2.33. The van der Waals surface area contributed by atoms with Crippen LogP contribution < -0.4 is 10.1 Å². The van der Waals surface area contributed by atoms with Crippen molar-refractivity contribution in [2.45, 2.75) is 6.42 Å². The van der Waals surface area contributed by atoms with Crippen LogP contribution in [0, 0.1) is 11.6 Å². The van der Waals surface area contributed by atoms with Gasteiger partial charge in [-0.3, -0.25) is 0 Å². The summed E-state index contributed by atoms with van der Waals surface area (Å²) in [5, 5.41) is 3.10. The van der Waals surface area contributed by atoms with E-state index in [0.29, 0.717) is 19.8 Å². The third kappa shape index (κ3) is 5.10. The predicted molar refractivity (Wildman–Crippen MR) is 61.2 cm³/mol. The van der Waals surface area contributed by atoms with Crippen molar-refractivity contribution in [2.75, 3.05) is 33.4 Å². The molecule has 0 atom stereocenters. The van der Waals surface area contributed by atoms with Crippen LogP contribution in [0.4, 0.5) is 8.78 Å². The first-order valence-corrected chi connectivity index (χ1v) is 5.52. The normalized spacial score (nSPS) is 10.5. The zero-order chi connectivity index (χ0) is 12.5. The summed E-state index contributed by atoms with van der Waals surface area (Å²) >= 11 is 0. The second-order valence-corrected chi connectivity index (χ2v) is 3.50. The van der Waals surface area contributed by atoms with E-state index in [1.807, 2.05) is 0 Å². The Labute approximate surface area is 99.7 Å². The summed E-state index contributed by atoms with van der Waals surface area (Å²) in [6, 6.07) is 3.88. The molecule has 0 amide bonds. The van der Waals surface area contributed by atoms with Crippen LogP contribution in [0.5, 0.6) is 5.75 Å². The number of ether oxygens (including phenoxy) is 2. The Morgan fingerprint density at radius 2 is 2.00 bits per heavy atom. The maximum atomic E-state index is 13.1. The SMILES string of the molecule is COCCCNCCOc1cccc(F)c1F. The first kappa shape index (κ1) is 13.9. The molecule has 0 aromatic heterocycles. The van der Waals surface area contributed by atoms with Gasteiger partial charge in [-0.25, -0.2) is 4.39 Å². The third-order valence-electron chi connectivity index (χ3n) is 2.15. The molecule has 5 heteroatoms. The highest BCUT2D eigenvalue weighted by molar-refractivity contribution is 5.24. The zero-order valence-corrected chi connectivity index (χ0v) is 9.84. The number of nitrogens with one attached hydrogen (secondary N) is 1. The van der Waals surface area contributed by atoms with E-state index in [9.17, 15) is 8.78 Å². The molecule has 0 saturated heterocycles. The van der Waals surface area contributed by atoms with Crippen LogP contribution in [0.2, 0.25) is 0 Å². The van der Waals surface area contributed by atoms with Gasteiger partial charge < -0.3 is 14.8 Å². The van der Waals surface area contributed by atoms with E-state index in [1.165, 1.54) is 12.1 Å². The lowest BCUT2D eigenvalue weighted by Gasteiger charge is -2.08. The summed E-state index contributed by atoms with van der Waals surface area (Å²) in [4.78, 5) is 0. The minimum absolute atomic E-state index is 0.0521. The van der Waals surface area contributed by atoms with Gasteiger partial charge in [0.05, 0.1) is 0 Å². The molecule has 1 aromatic rings. The second kappa shape index (κ2) is 7.97. The minimum Gasteiger partial charge on any atom is -0.489 e. The van der Waals surface area contributed by atoms with Gasteiger partial charge in [-0.2, -0.15) is 4.39 Å². The molecule has 0 unspecified atom stereocenters. The maximum Gasteiger partial charge on any atom is 0.200 e. The molecule has 0 fully saturated rings. The molecule has 96 valence electrons. The number of benzene rings is 1. The van der Waals surface area contributed by atoms with Crippen molar-refractivity contribution in [2.24, 2.45) is 0 Å². The Morgan fingerprint density at radius 3 is 2.76 bits per heavy atom. The molecule has 0 saturated carbocycles. The van der Waals surface area contributed by atoms with E-state index >= 15 is 0 Å². The number of halogens is 2. The van der Waals surface area contributed by atoms with Crippen LogP contribution >= 0.6 is 0 Å². The first-order chi connectivity index (χ1) is 8.25. The van der Waals surface area contributed by atoms with Crippen LogP contribution in [0.3, 0.4) is 0 Å². The smallest absolute Gasteiger partial charge is 0.200 e. The van der Waals surface area contributed by atoms with Crippen molar-refractivity contribution in [3.8, 4) is 5.75 Å². The van der Waals surface area contributed by atoms with Gasteiger partial charge in [0.1, 0.15) is 6.61 Å². The van der Waals surface area contributed by atoms with Gasteiger partial charge in [-0.15, -0.1) is 0 Å². The highest BCUT2D eigenvalue weighted by Gasteiger charge is 2.07. The number of methoxy groups -OCH3 is 1. The Morgan fingerprint density at radius 1 is 1.18 bits per heavy atom. The summed E-state index contributed by atoms with van der Waals surface area (Å²) in [6.45, 7) is 2.39. The van der Waals surface area contributed by atoms with Crippen molar-refractivity contribution in [3.63, 3.8) is 0 Å². The standard InChI is InChI=1S/C12H17F2NO2/c1-16-8-3-6-15-7-9-17-11-5-2-4-10(13)12(11)14/h2,4-5,15H,3,6-9H2,1H3. The Kier molecular flexibility index (Phi) is 6.50. The van der Waals surface area contributed by atoms with Crippen LogP contribution in [0.25, 0.3) is 0 Å². The molecule has 0 aliphatic heterocycles. The fourth-order valence-electron chi connectivity index (χ4n) is 1.30. The van der Waals surface area contributed by atoms with Gasteiger partial charge in [0.2, 0.25) is 5.82 Å². The van der Waals surface area contributed by atoms with Gasteiger partial charge >= 0.3 is 0 Å². The molecular weight excluding hydrogens is 228 g/mol. The van der Waals surface area contributed by atoms with Gasteiger partial charge in [0.25, 0.3) is 0 Å². The van der Waals surface area contributed by atoms with Crippen molar-refractivity contribution >= 4 is 0 Å². The summed E-state index contributed by atoms with van der Waals surface area (Å²) in [7, 11) is 1.65. The third-order valence-corrected chi connectivity index (χ3v) is 2.15. The summed E-state index contributed by atoms with van der Waals surface area (Å²) in [5.41, 5.74) is 0. The molecule has 0 aliphatic carbocycles. The highest BCUT2D eigenvalue weighted by atomic mass is 19.2. The highest BCUT2D eigenvalue weighted by Crippen LogP contribution is 2.18. The molecule has 3 nitrogen and oxygen atoms in total. The Hall–Kier alpha value is -1.20. The topological polar surface area (TPSA) is 30.5 Å². The fourth-order valence-corrected chi connectivity index (χ4v) is 1.30. The van der Waals surface area contributed by atoms with E-state index in [-0.39, 0.29) is 5.75 Å². The molecule has 0 bridgehead atoms. The summed E-state index contributed by atoms with van der Waals surface area (Å²) in [5.74, 6) is -1.88. The van der Waals surface area contributed by atoms with Crippen molar-refractivity contribution in [1.82, 2.24) is 5.32 Å². The second-order valence-electron chi connectivity index (χ2n) is 3.50. The quantitative estimate of drug-likeness (QED) is 0.710. The molecular formula is C12H17F2NO2. The number of hydrogen-bond acceptors (Lipinski definition) is 3. The van der Waals surface area contributed by atoms with Gasteiger partial charge in [0, 0.05) is 20.3 Å². The van der Waals surface area contributed by atoms with Crippen molar-refractivity contribution in [1.29, 1.82) is 0 Å². The van der Waals surface area contributed by atoms with Crippen LogP contribution in [0.1, 0.15) is 6.42 Å². The number of rotatable bonds is 8. The molecule has 1 N–H and O–H groups in total. The van der Waals surface area contributed by atoms with Crippen molar-refractivity contribution < 1.29 is 18.3 Å². The molecule has 0 radical (unpaired) electrons. The first-order valence-electron chi connectivity index (χ1n) is 5.52. The lowest BCUT2D eigenvalue weighted by molar-refractivity contribution is 0.193. The summed E-state index contributed by atoms with van der Waals surface area (Å²) < 4.78 is 35.9. The van der Waals surface area contributed by atoms with Crippen LogP contribution in [-0.2, 0) is 4.74 Å². The summed E-state index contributed by atoms with van der Waals surface area (Å²) in [6.07, 6.45) is 0.908. The Balaban J connectivity index is 2.16. The number of hydrogen-bond donors (Lipinski definition) is 1. The van der Waals surface area contributed by atoms with E-state index in [2.05, 4.69) is 5.32 Å². The van der Waals surface area contributed by atoms with Gasteiger partial charge in [0.15, 0.2) is 11.6 Å². The zero-order valence-electron chi connectivity index (χ0n) is 9.84. The monoisotopic (exact) mass is 245 g/mol. The fraction of sp³-hybridized carbons (Fsp3) is 0.500. The molecule has 0 heterocycles. The molecule has 0 aliphatic rings. The van der Waals surface area contributed by atoms with Gasteiger partial charge in [-0.05, 0) is 25.1 Å². The van der Waals surface area contributed by atoms with E-state index < -0.39 is 11.6 Å². The predicted octanol–water partition coefficient (Wildman–Crippen LogP) is 1.97. The van der Waals surface area contributed by atoms with E-state index in [0.717, 1.165) is 19.0 Å².